The number of piperidine rings is 1. The molecule has 65 heavy (non-hydrogen) atoms. The van der Waals surface area contributed by atoms with Gasteiger partial charge < -0.3 is 49.6 Å². The lowest BCUT2D eigenvalue weighted by atomic mass is 9.81. The number of ketones is 2. The minimum atomic E-state index is -2.63. The third kappa shape index (κ3) is 13.4. The third-order valence-electron chi connectivity index (χ3n) is 14.0. The third-order valence-corrected chi connectivity index (χ3v) is 14.0. The van der Waals surface area contributed by atoms with E-state index in [1.807, 2.05) is 26.0 Å². The van der Waals surface area contributed by atoms with E-state index in [1.54, 1.807) is 52.3 Å². The van der Waals surface area contributed by atoms with Crippen molar-refractivity contribution in [1.29, 1.82) is 0 Å². The molecular weight excluding hydrogens is 839 g/mol. The van der Waals surface area contributed by atoms with E-state index in [2.05, 4.69) is 10.3 Å². The molecule has 1 aromatic rings. The Morgan fingerprint density at radius 3 is 2.38 bits per heavy atom. The number of aliphatic hydroxyl groups excluding tert-OH is 3. The Bertz CT molecular complexity index is 1860. The number of rotatable bonds is 9. The van der Waals surface area contributed by atoms with Crippen molar-refractivity contribution in [3.05, 3.63) is 47.7 Å². The van der Waals surface area contributed by atoms with Gasteiger partial charge in [0.1, 0.15) is 29.9 Å². The fraction of sp³-hybridized carbons (Fsp3) is 0.714. The number of methoxy groups -OCH3 is 2. The standard InChI is InChI=1S/C49H73N3O13/c1-28-21-29(2)23-39(56)45-41(63-7)25-31(4)49(61,65-45)46(58)47(59)52-20-11-9-14-35(52)48(60)64-44(30(3)24-33-17-18-36(53)40(26-33)62-6)32(5)37(54)27-38(55)34(22-28)13-12-16-43(57)51-42-15-8-10-19-50-42/h8,10,15,19,22,24,29,31-37,39-41,44-45,53-54,56,61H,9,11-14,16-18,20-21,23,25-27H2,1-7H3,(H,50,51,57)/b28-22+,30-24+/t29-,31+,32+,33-,34+,35-,36+,37-,39-,40+,41-,44+,45+,49+/m0/s1. The van der Waals surface area contributed by atoms with Crippen molar-refractivity contribution in [1.82, 2.24) is 9.88 Å². The summed E-state index contributed by atoms with van der Waals surface area (Å²) in [5.41, 5.74) is 1.44. The number of aliphatic hydroxyl groups is 4. The molecule has 16 nitrogen and oxygen atoms in total. The van der Waals surface area contributed by atoms with Crippen LogP contribution in [0.5, 0.6) is 0 Å². The highest BCUT2D eigenvalue weighted by atomic mass is 16.7. The Morgan fingerprint density at radius 1 is 0.954 bits per heavy atom. The largest absolute Gasteiger partial charge is 0.456 e. The van der Waals surface area contributed by atoms with Gasteiger partial charge in [-0.3, -0.25) is 19.2 Å². The lowest BCUT2D eigenvalue weighted by Gasteiger charge is -2.46. The molecule has 0 spiro atoms. The topological polar surface area (TPSA) is 231 Å². The quantitative estimate of drug-likeness (QED) is 0.130. The Hall–Kier alpha value is -3.90. The van der Waals surface area contributed by atoms with Crippen molar-refractivity contribution in [3.63, 3.8) is 0 Å². The van der Waals surface area contributed by atoms with Crippen molar-refractivity contribution < 1.29 is 63.3 Å². The number of nitrogens with zero attached hydrogens (tertiary/aromatic N) is 2. The van der Waals surface area contributed by atoms with E-state index in [4.69, 9.17) is 18.9 Å². The van der Waals surface area contributed by atoms with Crippen LogP contribution in [0.4, 0.5) is 5.82 Å². The Balaban J connectivity index is 1.50. The number of amides is 2. The van der Waals surface area contributed by atoms with Crippen molar-refractivity contribution >= 4 is 35.2 Å². The maximum Gasteiger partial charge on any atom is 0.329 e. The number of ether oxygens (including phenoxy) is 4. The first-order valence-electron chi connectivity index (χ1n) is 23.5. The smallest absolute Gasteiger partial charge is 0.329 e. The monoisotopic (exact) mass is 912 g/mol. The summed E-state index contributed by atoms with van der Waals surface area (Å²) < 4.78 is 23.6. The highest BCUT2D eigenvalue weighted by molar-refractivity contribution is 6.39. The van der Waals surface area contributed by atoms with Crippen LogP contribution in [0.25, 0.3) is 0 Å². The first-order chi connectivity index (χ1) is 30.9. The molecule has 2 saturated heterocycles. The maximum atomic E-state index is 14.4. The van der Waals surface area contributed by atoms with Gasteiger partial charge in [-0.05, 0) is 114 Å². The SMILES string of the molecule is CO[C@H]1C[C@@H](C)[C@@]2(O)O[C@@H]1[C@@H](O)C[C@@H](C)C/C(C)=C/[C@@H](CCCC(=O)Nc1ccccn1)C(=O)C[C@H](O)[C@@H](C)[C@@H](/C(C)=C/[C@@H]1CC[C@@H](O)[C@H](OC)C1)OC(=O)[C@@H]1CCCCN1C(=O)C2=O. The van der Waals surface area contributed by atoms with Crippen molar-refractivity contribution in [3.8, 4) is 0 Å². The van der Waals surface area contributed by atoms with Crippen molar-refractivity contribution in [2.24, 2.45) is 29.6 Å². The van der Waals surface area contributed by atoms with E-state index < -0.39 is 90.0 Å². The van der Waals surface area contributed by atoms with E-state index >= 15 is 0 Å². The number of esters is 1. The number of aromatic nitrogens is 1. The van der Waals surface area contributed by atoms with E-state index in [0.717, 1.165) is 10.5 Å². The normalized spacial score (nSPS) is 37.3. The number of fused-ring (bicyclic) bond motifs is 3. The number of cyclic esters (lactones) is 1. The summed E-state index contributed by atoms with van der Waals surface area (Å²) in [6, 6.07) is 3.98. The van der Waals surface area contributed by atoms with Crippen LogP contribution in [-0.2, 0) is 42.9 Å². The molecule has 2 bridgehead atoms. The Labute approximate surface area is 383 Å². The molecular formula is C49H73N3O13. The number of hydrogen-bond acceptors (Lipinski definition) is 14. The highest BCUT2D eigenvalue weighted by Crippen LogP contribution is 2.39. The van der Waals surface area contributed by atoms with Crippen LogP contribution >= 0.6 is 0 Å². The van der Waals surface area contributed by atoms with Crippen LogP contribution in [0.2, 0.25) is 0 Å². The minimum Gasteiger partial charge on any atom is -0.456 e. The number of pyridine rings is 1. The second-order valence-electron chi connectivity index (χ2n) is 19.2. The van der Waals surface area contributed by atoms with Crippen LogP contribution in [0.1, 0.15) is 118 Å². The number of Topliss-reactive ketones (excluding diaryl/α,β-unsaturated/α-hetero) is 2. The Morgan fingerprint density at radius 2 is 1.69 bits per heavy atom. The molecule has 1 saturated carbocycles. The van der Waals surface area contributed by atoms with Gasteiger partial charge in [-0.25, -0.2) is 9.78 Å². The molecule has 16 heteroatoms. The molecule has 0 unspecified atom stereocenters. The van der Waals surface area contributed by atoms with Gasteiger partial charge in [0.25, 0.3) is 11.7 Å². The molecule has 3 aliphatic heterocycles. The summed E-state index contributed by atoms with van der Waals surface area (Å²) in [4.78, 5) is 75.4. The van der Waals surface area contributed by atoms with E-state index in [0.29, 0.717) is 62.8 Å². The lowest BCUT2D eigenvalue weighted by Crippen LogP contribution is -2.64. The lowest BCUT2D eigenvalue weighted by molar-refractivity contribution is -0.301. The number of anilines is 1. The van der Waals surface area contributed by atoms with Gasteiger partial charge in [0.15, 0.2) is 0 Å². The van der Waals surface area contributed by atoms with Crippen LogP contribution in [-0.4, -0.2) is 135 Å². The van der Waals surface area contributed by atoms with Crippen molar-refractivity contribution in [2.45, 2.75) is 173 Å². The molecule has 2 amide bonds. The molecule has 362 valence electrons. The minimum absolute atomic E-state index is 0.0343. The Kier molecular flexibility index (Phi) is 19.0. The van der Waals surface area contributed by atoms with E-state index in [-0.39, 0.29) is 62.2 Å². The molecule has 4 aliphatic rings. The second kappa shape index (κ2) is 23.7. The summed E-state index contributed by atoms with van der Waals surface area (Å²) in [7, 11) is 2.99. The van der Waals surface area contributed by atoms with Gasteiger partial charge in [0, 0.05) is 57.6 Å². The van der Waals surface area contributed by atoms with Crippen LogP contribution in [0.15, 0.2) is 47.7 Å². The molecule has 0 radical (unpaired) electrons. The predicted molar refractivity (Wildman–Crippen MR) is 240 cm³/mol. The molecule has 1 aliphatic carbocycles. The summed E-state index contributed by atoms with van der Waals surface area (Å²) in [6.07, 6.45) is 2.92. The van der Waals surface area contributed by atoms with E-state index in [1.165, 1.54) is 7.11 Å². The number of hydrogen-bond donors (Lipinski definition) is 5. The van der Waals surface area contributed by atoms with Gasteiger partial charge in [0.2, 0.25) is 11.7 Å². The molecule has 3 fully saturated rings. The van der Waals surface area contributed by atoms with Crippen LogP contribution < -0.4 is 5.32 Å². The number of carbonyl (C=O) groups excluding carboxylic acids is 5. The zero-order valence-corrected chi connectivity index (χ0v) is 39.2. The summed E-state index contributed by atoms with van der Waals surface area (Å²) >= 11 is 0. The first-order valence-corrected chi connectivity index (χ1v) is 23.5. The predicted octanol–water partition coefficient (Wildman–Crippen LogP) is 4.61. The first kappa shape index (κ1) is 52.1. The summed E-state index contributed by atoms with van der Waals surface area (Å²) in [6.45, 7) is 8.88. The summed E-state index contributed by atoms with van der Waals surface area (Å²) in [5.74, 6) is -8.58. The van der Waals surface area contributed by atoms with Crippen LogP contribution in [0.3, 0.4) is 0 Å². The highest BCUT2D eigenvalue weighted by Gasteiger charge is 2.56. The van der Waals surface area contributed by atoms with Gasteiger partial charge in [-0.15, -0.1) is 0 Å². The molecule has 5 rings (SSSR count). The zero-order chi connectivity index (χ0) is 47.6. The molecule has 4 heterocycles. The molecule has 14 atom stereocenters. The number of allylic oxidation sites excluding steroid dienone is 3. The second-order valence-corrected chi connectivity index (χ2v) is 19.2. The average Bonchev–Trinajstić information content (AvgIpc) is 3.28. The number of carbonyl (C=O) groups is 5. The molecule has 1 aromatic heterocycles. The van der Waals surface area contributed by atoms with Gasteiger partial charge >= 0.3 is 5.97 Å². The molecule has 0 aromatic carbocycles. The van der Waals surface area contributed by atoms with Crippen LogP contribution in [0, 0.1) is 29.6 Å². The average molecular weight is 912 g/mol. The zero-order valence-electron chi connectivity index (χ0n) is 39.2. The van der Waals surface area contributed by atoms with Crippen molar-refractivity contribution in [2.75, 3.05) is 26.1 Å². The fourth-order valence-electron chi connectivity index (χ4n) is 10.2. The van der Waals surface area contributed by atoms with Gasteiger partial charge in [-0.1, -0.05) is 44.6 Å². The molecule has 5 N–H and O–H groups in total. The summed E-state index contributed by atoms with van der Waals surface area (Å²) in [5, 5.41) is 48.8. The van der Waals surface area contributed by atoms with Gasteiger partial charge in [-0.2, -0.15) is 0 Å². The van der Waals surface area contributed by atoms with Gasteiger partial charge in [0.05, 0.1) is 30.5 Å². The van der Waals surface area contributed by atoms with E-state index in [9.17, 15) is 44.4 Å². The maximum absolute atomic E-state index is 14.4. The number of nitrogens with one attached hydrogen (secondary N) is 1. The fourth-order valence-corrected chi connectivity index (χ4v) is 10.2.